The van der Waals surface area contributed by atoms with E-state index in [4.69, 9.17) is 0 Å². The zero-order valence-electron chi connectivity index (χ0n) is 15.0. The van der Waals surface area contributed by atoms with Gasteiger partial charge in [0.1, 0.15) is 5.69 Å². The second-order valence-electron chi connectivity index (χ2n) is 6.33. The van der Waals surface area contributed by atoms with Gasteiger partial charge in [0, 0.05) is 24.0 Å². The zero-order chi connectivity index (χ0) is 19.8. The van der Waals surface area contributed by atoms with Crippen molar-refractivity contribution in [1.82, 2.24) is 14.5 Å². The highest BCUT2D eigenvalue weighted by Gasteiger charge is 2.19. The number of aryl methyl sites for hydroxylation is 2. The number of aromatic nitrogens is 3. The minimum atomic E-state index is -0.518. The second-order valence-corrected chi connectivity index (χ2v) is 7.36. The number of carbonyl (C=O) groups excluding carboxylic acids is 1. The van der Waals surface area contributed by atoms with Crippen molar-refractivity contribution >= 4 is 38.3 Å². The standard InChI is InChI=1S/C19H15N5O3S/c1-11-7-12(2)17-16(8-11)28-19(21-17)22-18(25)13-3-4-14(15(9-13)24(26)27)23-6-5-20-10-23/h3-10H,1-2H3,(H,21,22,25). The van der Waals surface area contributed by atoms with Crippen LogP contribution in [-0.2, 0) is 0 Å². The van der Waals surface area contributed by atoms with Crippen molar-refractivity contribution in [3.8, 4) is 5.69 Å². The lowest BCUT2D eigenvalue weighted by Crippen LogP contribution is -2.12. The summed E-state index contributed by atoms with van der Waals surface area (Å²) in [5.74, 6) is -0.450. The number of nitro groups is 1. The van der Waals surface area contributed by atoms with Gasteiger partial charge in [-0.05, 0) is 43.2 Å². The third-order valence-electron chi connectivity index (χ3n) is 4.27. The average Bonchev–Trinajstić information content (AvgIpc) is 3.30. The van der Waals surface area contributed by atoms with Crippen LogP contribution in [0.1, 0.15) is 21.5 Å². The van der Waals surface area contributed by atoms with Gasteiger partial charge in [0.05, 0.1) is 21.5 Å². The molecule has 4 aromatic rings. The van der Waals surface area contributed by atoms with Crippen molar-refractivity contribution in [2.24, 2.45) is 0 Å². The lowest BCUT2D eigenvalue weighted by atomic mass is 10.1. The molecule has 0 saturated heterocycles. The Morgan fingerprint density at radius 1 is 1.25 bits per heavy atom. The molecule has 2 aromatic carbocycles. The average molecular weight is 393 g/mol. The van der Waals surface area contributed by atoms with E-state index >= 15 is 0 Å². The van der Waals surface area contributed by atoms with Crippen LogP contribution >= 0.6 is 11.3 Å². The maximum absolute atomic E-state index is 12.6. The summed E-state index contributed by atoms with van der Waals surface area (Å²) in [6, 6.07) is 8.38. The van der Waals surface area contributed by atoms with Gasteiger partial charge in [0.2, 0.25) is 0 Å². The molecular weight excluding hydrogens is 378 g/mol. The van der Waals surface area contributed by atoms with E-state index in [0.29, 0.717) is 10.8 Å². The summed E-state index contributed by atoms with van der Waals surface area (Å²) in [5, 5.41) is 14.7. The van der Waals surface area contributed by atoms with E-state index in [1.165, 1.54) is 40.6 Å². The highest BCUT2D eigenvalue weighted by molar-refractivity contribution is 7.22. The van der Waals surface area contributed by atoms with Crippen LogP contribution in [0.2, 0.25) is 0 Å². The maximum atomic E-state index is 12.6. The van der Waals surface area contributed by atoms with Crippen molar-refractivity contribution in [3.63, 3.8) is 0 Å². The normalized spacial score (nSPS) is 10.9. The van der Waals surface area contributed by atoms with E-state index in [1.807, 2.05) is 26.0 Å². The molecular formula is C19H15N5O3S. The lowest BCUT2D eigenvalue weighted by Gasteiger charge is -2.06. The molecule has 1 amide bonds. The first-order valence-electron chi connectivity index (χ1n) is 8.38. The number of carbonyl (C=O) groups is 1. The Hall–Kier alpha value is -3.59. The molecule has 9 heteroatoms. The third kappa shape index (κ3) is 3.23. The van der Waals surface area contributed by atoms with E-state index < -0.39 is 10.8 Å². The van der Waals surface area contributed by atoms with Gasteiger partial charge in [-0.1, -0.05) is 17.4 Å². The Morgan fingerprint density at radius 3 is 2.79 bits per heavy atom. The smallest absolute Gasteiger partial charge is 0.294 e. The molecule has 0 aliphatic heterocycles. The fourth-order valence-electron chi connectivity index (χ4n) is 3.02. The van der Waals surface area contributed by atoms with Crippen molar-refractivity contribution in [2.45, 2.75) is 13.8 Å². The van der Waals surface area contributed by atoms with Crippen LogP contribution in [0.5, 0.6) is 0 Å². The fraction of sp³-hybridized carbons (Fsp3) is 0.105. The monoisotopic (exact) mass is 393 g/mol. The largest absolute Gasteiger partial charge is 0.300 e. The summed E-state index contributed by atoms with van der Waals surface area (Å²) >= 11 is 1.37. The van der Waals surface area contributed by atoms with E-state index in [1.54, 1.807) is 12.3 Å². The van der Waals surface area contributed by atoms with Gasteiger partial charge < -0.3 is 4.57 Å². The Balaban J connectivity index is 1.66. The Morgan fingerprint density at radius 2 is 2.07 bits per heavy atom. The number of benzene rings is 2. The molecule has 8 nitrogen and oxygen atoms in total. The van der Waals surface area contributed by atoms with Crippen LogP contribution in [0.15, 0.2) is 49.1 Å². The Bertz CT molecular complexity index is 1210. The van der Waals surface area contributed by atoms with E-state index in [2.05, 4.69) is 15.3 Å². The molecule has 4 rings (SSSR count). The number of imidazole rings is 1. The summed E-state index contributed by atoms with van der Waals surface area (Å²) < 4.78 is 2.51. The van der Waals surface area contributed by atoms with Crippen LogP contribution in [0, 0.1) is 24.0 Å². The molecule has 28 heavy (non-hydrogen) atoms. The lowest BCUT2D eigenvalue weighted by molar-refractivity contribution is -0.384. The number of thiazole rings is 1. The molecule has 0 fully saturated rings. The minimum Gasteiger partial charge on any atom is -0.300 e. The van der Waals surface area contributed by atoms with Crippen molar-refractivity contribution < 1.29 is 9.72 Å². The molecule has 0 aliphatic carbocycles. The number of nitrogens with zero attached hydrogens (tertiary/aromatic N) is 4. The van der Waals surface area contributed by atoms with E-state index in [9.17, 15) is 14.9 Å². The molecule has 2 heterocycles. The van der Waals surface area contributed by atoms with E-state index in [0.717, 1.165) is 21.3 Å². The first-order chi connectivity index (χ1) is 13.4. The van der Waals surface area contributed by atoms with Gasteiger partial charge in [0.25, 0.3) is 11.6 Å². The number of amides is 1. The maximum Gasteiger partial charge on any atom is 0.294 e. The van der Waals surface area contributed by atoms with Crippen LogP contribution in [-0.4, -0.2) is 25.4 Å². The van der Waals surface area contributed by atoms with Gasteiger partial charge in [-0.15, -0.1) is 0 Å². The second kappa shape index (κ2) is 6.86. The Kier molecular flexibility index (Phi) is 4.36. The number of anilines is 1. The number of fused-ring (bicyclic) bond motifs is 1. The first kappa shape index (κ1) is 17.8. The van der Waals surface area contributed by atoms with Crippen molar-refractivity contribution in [1.29, 1.82) is 0 Å². The molecule has 0 saturated carbocycles. The molecule has 0 unspecified atom stereocenters. The van der Waals surface area contributed by atoms with Crippen LogP contribution in [0.4, 0.5) is 10.8 Å². The fourth-order valence-corrected chi connectivity index (χ4v) is 4.06. The number of hydrogen-bond donors (Lipinski definition) is 1. The highest BCUT2D eigenvalue weighted by Crippen LogP contribution is 2.30. The van der Waals surface area contributed by atoms with Crippen molar-refractivity contribution in [3.05, 3.63) is 75.9 Å². The number of hydrogen-bond acceptors (Lipinski definition) is 6. The van der Waals surface area contributed by atoms with Gasteiger partial charge in [-0.2, -0.15) is 0 Å². The Labute approximate surface area is 163 Å². The van der Waals surface area contributed by atoms with E-state index in [-0.39, 0.29) is 11.3 Å². The number of nitro benzene ring substituents is 1. The molecule has 2 aromatic heterocycles. The predicted molar refractivity (Wildman–Crippen MR) is 107 cm³/mol. The zero-order valence-corrected chi connectivity index (χ0v) is 15.9. The van der Waals surface area contributed by atoms with Gasteiger partial charge >= 0.3 is 0 Å². The van der Waals surface area contributed by atoms with Crippen LogP contribution in [0.25, 0.3) is 15.9 Å². The quantitative estimate of drug-likeness (QED) is 0.412. The van der Waals surface area contributed by atoms with Crippen LogP contribution < -0.4 is 5.32 Å². The summed E-state index contributed by atoms with van der Waals surface area (Å²) in [6.07, 6.45) is 4.60. The van der Waals surface area contributed by atoms with Gasteiger partial charge in [0.15, 0.2) is 5.13 Å². The van der Waals surface area contributed by atoms with Crippen molar-refractivity contribution in [2.75, 3.05) is 5.32 Å². The third-order valence-corrected chi connectivity index (χ3v) is 5.18. The highest BCUT2D eigenvalue weighted by atomic mass is 32.1. The molecule has 0 radical (unpaired) electrons. The molecule has 0 bridgehead atoms. The molecule has 0 aliphatic rings. The topological polar surface area (TPSA) is 103 Å². The first-order valence-corrected chi connectivity index (χ1v) is 9.20. The predicted octanol–water partition coefficient (Wildman–Crippen LogP) is 4.26. The summed E-state index contributed by atoms with van der Waals surface area (Å²) in [6.45, 7) is 3.98. The number of rotatable bonds is 4. The molecule has 0 spiro atoms. The number of nitrogens with one attached hydrogen (secondary N) is 1. The molecule has 140 valence electrons. The molecule has 0 atom stereocenters. The van der Waals surface area contributed by atoms with Crippen LogP contribution in [0.3, 0.4) is 0 Å². The molecule has 1 N–H and O–H groups in total. The SMILES string of the molecule is Cc1cc(C)c2nc(NC(=O)c3ccc(-n4ccnc4)c([N+](=O)[O-])c3)sc2c1. The summed E-state index contributed by atoms with van der Waals surface area (Å²) in [4.78, 5) is 32.0. The van der Waals surface area contributed by atoms with Gasteiger partial charge in [-0.3, -0.25) is 20.2 Å². The minimum absolute atomic E-state index is 0.179. The van der Waals surface area contributed by atoms with Gasteiger partial charge in [-0.25, -0.2) is 9.97 Å². The summed E-state index contributed by atoms with van der Waals surface area (Å²) in [5.41, 5.74) is 3.34. The summed E-state index contributed by atoms with van der Waals surface area (Å²) in [7, 11) is 0.